The third kappa shape index (κ3) is 3.35. The first-order chi connectivity index (χ1) is 6.63. The Labute approximate surface area is 96.4 Å². The fourth-order valence-corrected chi connectivity index (χ4v) is 1.85. The Kier molecular flexibility index (Phi) is 4.48. The molecule has 2 nitrogen and oxygen atoms in total. The molecule has 1 rings (SSSR count). The minimum absolute atomic E-state index is 0.275. The number of benzene rings is 1. The third-order valence-electron chi connectivity index (χ3n) is 1.88. The van der Waals surface area contributed by atoms with Crippen molar-refractivity contribution in [2.24, 2.45) is 5.73 Å². The molecule has 0 aromatic heterocycles. The largest absolute Gasteiger partial charge is 0.369 e. The number of nitrogens with two attached hydrogens (primary N) is 1. The van der Waals surface area contributed by atoms with Gasteiger partial charge in [-0.15, -0.1) is 11.8 Å². The van der Waals surface area contributed by atoms with Gasteiger partial charge in [-0.05, 0) is 30.4 Å². The summed E-state index contributed by atoms with van der Waals surface area (Å²) < 4.78 is 0. The summed E-state index contributed by atoms with van der Waals surface area (Å²) in [6.45, 7) is 0. The second-order valence-electron chi connectivity index (χ2n) is 2.92. The molecule has 0 saturated heterocycles. The first-order valence-corrected chi connectivity index (χ1v) is 6.34. The van der Waals surface area contributed by atoms with Crippen molar-refractivity contribution in [3.05, 3.63) is 29.8 Å². The minimum Gasteiger partial charge on any atom is -0.369 e. The highest BCUT2D eigenvalue weighted by Gasteiger charge is 2.10. The summed E-state index contributed by atoms with van der Waals surface area (Å²) in [7, 11) is 0. The average molecular weight is 274 g/mol. The van der Waals surface area contributed by atoms with Crippen molar-refractivity contribution in [3.63, 3.8) is 0 Å². The predicted octanol–water partition coefficient (Wildman–Crippen LogP) is 2.20. The van der Waals surface area contributed by atoms with Crippen molar-refractivity contribution in [1.29, 1.82) is 0 Å². The van der Waals surface area contributed by atoms with Gasteiger partial charge >= 0.3 is 0 Å². The van der Waals surface area contributed by atoms with Crippen molar-refractivity contribution in [3.8, 4) is 0 Å². The van der Waals surface area contributed by atoms with E-state index in [-0.39, 0.29) is 10.7 Å². The van der Waals surface area contributed by atoms with Crippen LogP contribution in [0.25, 0.3) is 0 Å². The van der Waals surface area contributed by atoms with Crippen molar-refractivity contribution in [2.75, 3.05) is 6.26 Å². The second kappa shape index (κ2) is 5.41. The van der Waals surface area contributed by atoms with Crippen LogP contribution in [-0.2, 0) is 11.2 Å². The van der Waals surface area contributed by atoms with E-state index in [1.54, 1.807) is 11.8 Å². The van der Waals surface area contributed by atoms with Gasteiger partial charge in [0.2, 0.25) is 5.91 Å². The van der Waals surface area contributed by atoms with Gasteiger partial charge in [0.15, 0.2) is 0 Å². The number of carbonyl (C=O) groups is 1. The second-order valence-corrected chi connectivity index (χ2v) is 4.91. The van der Waals surface area contributed by atoms with Crippen LogP contribution >= 0.6 is 27.7 Å². The van der Waals surface area contributed by atoms with E-state index in [0.29, 0.717) is 6.42 Å². The van der Waals surface area contributed by atoms with Gasteiger partial charge in [-0.1, -0.05) is 28.1 Å². The van der Waals surface area contributed by atoms with Crippen LogP contribution in [0.5, 0.6) is 0 Å². The number of amides is 1. The van der Waals surface area contributed by atoms with Crippen molar-refractivity contribution >= 4 is 33.6 Å². The molecule has 4 heteroatoms. The zero-order chi connectivity index (χ0) is 10.6. The summed E-state index contributed by atoms with van der Waals surface area (Å²) >= 11 is 4.93. The molecule has 14 heavy (non-hydrogen) atoms. The molecular formula is C10H12BrNOS. The Hall–Kier alpha value is -0.480. The van der Waals surface area contributed by atoms with Gasteiger partial charge in [0.1, 0.15) is 0 Å². The maximum absolute atomic E-state index is 10.8. The normalized spacial score (nSPS) is 12.4. The quantitative estimate of drug-likeness (QED) is 0.675. The topological polar surface area (TPSA) is 43.1 Å². The zero-order valence-corrected chi connectivity index (χ0v) is 10.3. The van der Waals surface area contributed by atoms with Gasteiger partial charge in [0.25, 0.3) is 0 Å². The monoisotopic (exact) mass is 273 g/mol. The van der Waals surface area contributed by atoms with Crippen LogP contribution < -0.4 is 5.73 Å². The van der Waals surface area contributed by atoms with Crippen LogP contribution in [0.15, 0.2) is 29.2 Å². The summed E-state index contributed by atoms with van der Waals surface area (Å²) in [4.78, 5) is 11.7. The van der Waals surface area contributed by atoms with Crippen LogP contribution in [0, 0.1) is 0 Å². The van der Waals surface area contributed by atoms with E-state index in [4.69, 9.17) is 5.73 Å². The highest BCUT2D eigenvalue weighted by atomic mass is 79.9. The summed E-state index contributed by atoms with van der Waals surface area (Å²) in [5.74, 6) is -0.320. The van der Waals surface area contributed by atoms with Crippen molar-refractivity contribution < 1.29 is 4.79 Å². The molecule has 0 saturated carbocycles. The lowest BCUT2D eigenvalue weighted by Crippen LogP contribution is -2.24. The standard InChI is InChI=1S/C10H12BrNOS/c1-14-8-4-2-7(3-5-8)6-9(11)10(12)13/h2-5,9H,6H2,1H3,(H2,12,13). The van der Waals surface area contributed by atoms with Gasteiger partial charge in [0.05, 0.1) is 4.83 Å². The van der Waals surface area contributed by atoms with E-state index in [2.05, 4.69) is 15.9 Å². The molecule has 1 aromatic rings. The van der Waals surface area contributed by atoms with E-state index in [9.17, 15) is 4.79 Å². The molecule has 1 atom stereocenters. The van der Waals surface area contributed by atoms with Crippen LogP contribution in [0.1, 0.15) is 5.56 Å². The lowest BCUT2D eigenvalue weighted by molar-refractivity contribution is -0.117. The van der Waals surface area contributed by atoms with E-state index in [1.165, 1.54) is 4.90 Å². The van der Waals surface area contributed by atoms with E-state index in [0.717, 1.165) is 5.56 Å². The summed E-state index contributed by atoms with van der Waals surface area (Å²) in [5, 5.41) is 0. The molecule has 0 bridgehead atoms. The molecule has 2 N–H and O–H groups in total. The Morgan fingerprint density at radius 3 is 2.50 bits per heavy atom. The summed E-state index contributed by atoms with van der Waals surface area (Å²) in [5.41, 5.74) is 6.26. The average Bonchev–Trinajstić information content (AvgIpc) is 2.19. The third-order valence-corrected chi connectivity index (χ3v) is 3.40. The lowest BCUT2D eigenvalue weighted by atomic mass is 10.1. The highest BCUT2D eigenvalue weighted by Crippen LogP contribution is 2.16. The number of halogens is 1. The number of hydrogen-bond acceptors (Lipinski definition) is 2. The maximum Gasteiger partial charge on any atom is 0.231 e. The Bertz CT molecular complexity index is 312. The van der Waals surface area contributed by atoms with E-state index in [1.807, 2.05) is 30.5 Å². The smallest absolute Gasteiger partial charge is 0.231 e. The highest BCUT2D eigenvalue weighted by molar-refractivity contribution is 9.10. The van der Waals surface area contributed by atoms with Gasteiger partial charge in [-0.3, -0.25) is 4.79 Å². The van der Waals surface area contributed by atoms with Crippen LogP contribution in [0.3, 0.4) is 0 Å². The number of rotatable bonds is 4. The van der Waals surface area contributed by atoms with E-state index < -0.39 is 0 Å². The SMILES string of the molecule is CSc1ccc(CC(Br)C(N)=O)cc1. The molecule has 76 valence electrons. The van der Waals surface area contributed by atoms with Crippen LogP contribution in [0.2, 0.25) is 0 Å². The molecule has 0 aliphatic carbocycles. The number of hydrogen-bond donors (Lipinski definition) is 1. The number of thioether (sulfide) groups is 1. The molecule has 0 radical (unpaired) electrons. The fourth-order valence-electron chi connectivity index (χ4n) is 1.07. The zero-order valence-electron chi connectivity index (χ0n) is 7.87. The summed E-state index contributed by atoms with van der Waals surface area (Å²) in [6.07, 6.45) is 2.68. The molecule has 1 aromatic carbocycles. The van der Waals surface area contributed by atoms with Gasteiger partial charge < -0.3 is 5.73 Å². The Balaban J connectivity index is 2.64. The van der Waals surface area contributed by atoms with Crippen molar-refractivity contribution in [2.45, 2.75) is 16.1 Å². The molecule has 0 aliphatic heterocycles. The molecule has 0 fully saturated rings. The number of primary amides is 1. The Morgan fingerprint density at radius 1 is 1.50 bits per heavy atom. The molecule has 0 spiro atoms. The van der Waals surface area contributed by atoms with Crippen LogP contribution in [-0.4, -0.2) is 17.0 Å². The lowest BCUT2D eigenvalue weighted by Gasteiger charge is -2.05. The van der Waals surface area contributed by atoms with Gasteiger partial charge in [-0.2, -0.15) is 0 Å². The molecule has 1 unspecified atom stereocenters. The van der Waals surface area contributed by atoms with Gasteiger partial charge in [-0.25, -0.2) is 0 Å². The molecular weight excluding hydrogens is 262 g/mol. The maximum atomic E-state index is 10.8. The first kappa shape index (κ1) is 11.6. The molecule has 1 amide bonds. The number of carbonyl (C=O) groups excluding carboxylic acids is 1. The Morgan fingerprint density at radius 2 is 2.07 bits per heavy atom. The van der Waals surface area contributed by atoms with Crippen LogP contribution in [0.4, 0.5) is 0 Å². The van der Waals surface area contributed by atoms with Gasteiger partial charge in [0, 0.05) is 4.90 Å². The van der Waals surface area contributed by atoms with E-state index >= 15 is 0 Å². The molecule has 0 heterocycles. The fraction of sp³-hybridized carbons (Fsp3) is 0.300. The minimum atomic E-state index is -0.320. The molecule has 0 aliphatic rings. The number of alkyl halides is 1. The predicted molar refractivity (Wildman–Crippen MR) is 63.8 cm³/mol. The summed E-state index contributed by atoms with van der Waals surface area (Å²) in [6, 6.07) is 8.12. The van der Waals surface area contributed by atoms with Crippen molar-refractivity contribution in [1.82, 2.24) is 0 Å². The first-order valence-electron chi connectivity index (χ1n) is 4.20.